The molecule has 5 rings (SSSR count). The highest BCUT2D eigenvalue weighted by Gasteiger charge is 2.56. The number of nitrogens with one attached hydrogen (secondary N) is 1. The van der Waals surface area contributed by atoms with Crippen molar-refractivity contribution in [1.29, 1.82) is 0 Å². The van der Waals surface area contributed by atoms with Gasteiger partial charge in [0.1, 0.15) is 11.2 Å². The number of fused-ring (bicyclic) bond motifs is 4. The minimum atomic E-state index is -1.03. The van der Waals surface area contributed by atoms with E-state index in [4.69, 9.17) is 0 Å². The molecule has 2 aliphatic heterocycles. The van der Waals surface area contributed by atoms with Crippen LogP contribution in [0.15, 0.2) is 48.7 Å². The second-order valence-corrected chi connectivity index (χ2v) is 8.54. The van der Waals surface area contributed by atoms with E-state index in [0.717, 1.165) is 40.9 Å². The summed E-state index contributed by atoms with van der Waals surface area (Å²) in [4.78, 5) is 28.7. The Bertz CT molecular complexity index is 1210. The quantitative estimate of drug-likeness (QED) is 0.693. The number of amides is 2. The number of rotatable bonds is 4. The monoisotopic (exact) mass is 414 g/mol. The predicted octanol–water partition coefficient (Wildman–Crippen LogP) is 4.26. The van der Waals surface area contributed by atoms with Crippen LogP contribution >= 0.6 is 0 Å². The number of hydrogen-bond donors (Lipinski definition) is 1. The molecule has 3 heterocycles. The van der Waals surface area contributed by atoms with Gasteiger partial charge in [-0.1, -0.05) is 37.6 Å². The van der Waals surface area contributed by atoms with Gasteiger partial charge in [-0.3, -0.25) is 9.59 Å². The zero-order valence-corrected chi connectivity index (χ0v) is 18.1. The van der Waals surface area contributed by atoms with Gasteiger partial charge >= 0.3 is 0 Å². The first kappa shape index (κ1) is 19.5. The number of benzene rings is 2. The number of carbonyl (C=O) groups excluding carboxylic acids is 2. The minimum Gasteiger partial charge on any atom is -0.311 e. The van der Waals surface area contributed by atoms with E-state index < -0.39 is 5.41 Å². The Morgan fingerprint density at radius 3 is 2.65 bits per heavy atom. The van der Waals surface area contributed by atoms with Gasteiger partial charge in [0.05, 0.1) is 11.9 Å². The van der Waals surface area contributed by atoms with Crippen LogP contribution in [-0.4, -0.2) is 28.1 Å². The fourth-order valence-electron chi connectivity index (χ4n) is 4.84. The van der Waals surface area contributed by atoms with Crippen molar-refractivity contribution in [3.05, 3.63) is 70.9 Å². The zero-order chi connectivity index (χ0) is 21.8. The highest BCUT2D eigenvalue weighted by atomic mass is 16.2. The molecule has 31 heavy (non-hydrogen) atoms. The molecular formula is C25H26N4O2. The molecule has 6 heteroatoms. The zero-order valence-electron chi connectivity index (χ0n) is 18.1. The van der Waals surface area contributed by atoms with Crippen LogP contribution in [0.1, 0.15) is 48.4 Å². The molecule has 1 spiro atoms. The van der Waals surface area contributed by atoms with Crippen molar-refractivity contribution in [2.24, 2.45) is 0 Å². The van der Waals surface area contributed by atoms with Gasteiger partial charge in [0.15, 0.2) is 0 Å². The number of nitrogens with zero attached hydrogens (tertiary/aromatic N) is 3. The molecule has 6 nitrogen and oxygen atoms in total. The van der Waals surface area contributed by atoms with Crippen LogP contribution < -0.4 is 10.2 Å². The molecule has 1 atom stereocenters. The van der Waals surface area contributed by atoms with Gasteiger partial charge in [0.25, 0.3) is 0 Å². The van der Waals surface area contributed by atoms with Crippen molar-refractivity contribution in [1.82, 2.24) is 9.78 Å². The van der Waals surface area contributed by atoms with E-state index in [9.17, 15) is 9.59 Å². The molecule has 0 bridgehead atoms. The molecule has 1 unspecified atom stereocenters. The third kappa shape index (κ3) is 2.74. The molecule has 2 amide bonds. The molecule has 1 N–H and O–H groups in total. The third-order valence-electron chi connectivity index (χ3n) is 6.65. The summed E-state index contributed by atoms with van der Waals surface area (Å²) in [6, 6.07) is 13.9. The molecule has 2 aliphatic rings. The van der Waals surface area contributed by atoms with Crippen molar-refractivity contribution in [2.75, 3.05) is 16.8 Å². The van der Waals surface area contributed by atoms with Crippen LogP contribution in [0.3, 0.4) is 0 Å². The van der Waals surface area contributed by atoms with Gasteiger partial charge in [-0.05, 0) is 55.2 Å². The van der Waals surface area contributed by atoms with Crippen molar-refractivity contribution in [3.63, 3.8) is 0 Å². The van der Waals surface area contributed by atoms with Gasteiger partial charge in [0.2, 0.25) is 11.8 Å². The fraction of sp³-hybridized carbons (Fsp3) is 0.320. The molecule has 3 aromatic rings. The van der Waals surface area contributed by atoms with Gasteiger partial charge < -0.3 is 10.2 Å². The molecule has 1 aromatic heterocycles. The summed E-state index contributed by atoms with van der Waals surface area (Å²) in [6.07, 6.45) is 3.76. The van der Waals surface area contributed by atoms with Crippen molar-refractivity contribution in [2.45, 2.75) is 45.4 Å². The fourth-order valence-corrected chi connectivity index (χ4v) is 4.84. The van der Waals surface area contributed by atoms with E-state index in [0.29, 0.717) is 12.4 Å². The average Bonchev–Trinajstić information content (AvgIpc) is 3.28. The first-order chi connectivity index (χ1) is 15.0. The lowest BCUT2D eigenvalue weighted by Gasteiger charge is -2.32. The first-order valence-corrected chi connectivity index (χ1v) is 10.8. The first-order valence-electron chi connectivity index (χ1n) is 10.8. The van der Waals surface area contributed by atoms with Crippen molar-refractivity contribution < 1.29 is 9.59 Å². The molecule has 2 aromatic carbocycles. The summed E-state index contributed by atoms with van der Waals surface area (Å²) >= 11 is 0. The number of aromatic nitrogens is 2. The number of aryl methyl sites for hydroxylation is 2. The summed E-state index contributed by atoms with van der Waals surface area (Å²) in [7, 11) is 0. The van der Waals surface area contributed by atoms with Crippen LogP contribution in [0.25, 0.3) is 5.69 Å². The SMILES string of the molecule is CCCCN1C(=O)C2(CC(=O)Nc3c2cnn3-c2ccc(C)c(C)c2)c2ccccc21. The highest BCUT2D eigenvalue weighted by Crippen LogP contribution is 2.52. The largest absolute Gasteiger partial charge is 0.311 e. The number of carbonyl (C=O) groups is 2. The standard InChI is InChI=1S/C25H26N4O2/c1-4-5-12-28-21-9-7-6-8-19(21)25(24(28)31)14-22(30)27-23-20(25)15-26-29(23)18-11-10-16(2)17(3)13-18/h6-11,13,15H,4-5,12,14H2,1-3H3,(H,27,30). The van der Waals surface area contributed by atoms with Gasteiger partial charge in [-0.25, -0.2) is 4.68 Å². The van der Waals surface area contributed by atoms with E-state index in [1.54, 1.807) is 10.9 Å². The molecular weight excluding hydrogens is 388 g/mol. The molecule has 0 fully saturated rings. The molecule has 0 radical (unpaired) electrons. The van der Waals surface area contributed by atoms with E-state index in [1.165, 1.54) is 5.56 Å². The third-order valence-corrected chi connectivity index (χ3v) is 6.65. The van der Waals surface area contributed by atoms with Crippen LogP contribution in [0.5, 0.6) is 0 Å². The number of hydrogen-bond acceptors (Lipinski definition) is 3. The lowest BCUT2D eigenvalue weighted by Crippen LogP contribution is -2.46. The maximum absolute atomic E-state index is 13.9. The number of unbranched alkanes of at least 4 members (excludes halogenated alkanes) is 1. The van der Waals surface area contributed by atoms with E-state index >= 15 is 0 Å². The Labute approximate surface area is 181 Å². The Hall–Kier alpha value is -3.41. The summed E-state index contributed by atoms with van der Waals surface area (Å²) in [5, 5.41) is 7.61. The number of para-hydroxylation sites is 1. The minimum absolute atomic E-state index is 0.0297. The second kappa shape index (κ2) is 7.08. The van der Waals surface area contributed by atoms with E-state index in [2.05, 4.69) is 31.2 Å². The second-order valence-electron chi connectivity index (χ2n) is 8.54. The highest BCUT2D eigenvalue weighted by molar-refractivity contribution is 6.15. The summed E-state index contributed by atoms with van der Waals surface area (Å²) in [6.45, 7) is 6.88. The summed E-state index contributed by atoms with van der Waals surface area (Å²) in [5.41, 5.74) is 4.74. The maximum atomic E-state index is 13.9. The average molecular weight is 415 g/mol. The Kier molecular flexibility index (Phi) is 4.46. The van der Waals surface area contributed by atoms with Gasteiger partial charge in [-0.15, -0.1) is 0 Å². The summed E-state index contributed by atoms with van der Waals surface area (Å²) in [5.74, 6) is 0.386. The van der Waals surface area contributed by atoms with Crippen molar-refractivity contribution >= 4 is 23.3 Å². The Morgan fingerprint density at radius 1 is 1.06 bits per heavy atom. The molecule has 0 saturated heterocycles. The molecule has 0 aliphatic carbocycles. The van der Waals surface area contributed by atoms with Crippen LogP contribution in [-0.2, 0) is 15.0 Å². The van der Waals surface area contributed by atoms with Crippen molar-refractivity contribution in [3.8, 4) is 5.69 Å². The normalized spacial score (nSPS) is 19.5. The summed E-state index contributed by atoms with van der Waals surface area (Å²) < 4.78 is 1.74. The van der Waals surface area contributed by atoms with Gasteiger partial charge in [-0.2, -0.15) is 5.10 Å². The smallest absolute Gasteiger partial charge is 0.242 e. The topological polar surface area (TPSA) is 67.2 Å². The Morgan fingerprint density at radius 2 is 1.87 bits per heavy atom. The molecule has 0 saturated carbocycles. The molecule has 158 valence electrons. The predicted molar refractivity (Wildman–Crippen MR) is 121 cm³/mol. The lowest BCUT2D eigenvalue weighted by molar-refractivity contribution is -0.126. The van der Waals surface area contributed by atoms with Crippen LogP contribution in [0, 0.1) is 13.8 Å². The van der Waals surface area contributed by atoms with Gasteiger partial charge in [0, 0.05) is 24.2 Å². The van der Waals surface area contributed by atoms with E-state index in [-0.39, 0.29) is 18.2 Å². The van der Waals surface area contributed by atoms with Crippen LogP contribution in [0.4, 0.5) is 11.5 Å². The van der Waals surface area contributed by atoms with E-state index in [1.807, 2.05) is 47.4 Å². The van der Waals surface area contributed by atoms with Crippen LogP contribution in [0.2, 0.25) is 0 Å². The Balaban J connectivity index is 1.71. The maximum Gasteiger partial charge on any atom is 0.242 e. The lowest BCUT2D eigenvalue weighted by atomic mass is 9.72. The number of anilines is 2.